The first-order chi connectivity index (χ1) is 15.6. The van der Waals surface area contributed by atoms with Crippen LogP contribution in [0.4, 0.5) is 5.13 Å². The van der Waals surface area contributed by atoms with Crippen molar-refractivity contribution >= 4 is 33.3 Å². The van der Waals surface area contributed by atoms with E-state index in [9.17, 15) is 4.79 Å². The quantitative estimate of drug-likeness (QED) is 0.377. The lowest BCUT2D eigenvalue weighted by Gasteiger charge is -2.23. The molecule has 1 saturated heterocycles. The van der Waals surface area contributed by atoms with Crippen LogP contribution in [0.5, 0.6) is 0 Å². The number of hydrogen-bond donors (Lipinski definition) is 3. The van der Waals surface area contributed by atoms with Crippen LogP contribution in [0.15, 0.2) is 48.1 Å². The van der Waals surface area contributed by atoms with Crippen molar-refractivity contribution in [1.82, 2.24) is 20.3 Å². The molecule has 0 aliphatic carbocycles. The molecule has 0 bridgehead atoms. The molecule has 0 atom stereocenters. The van der Waals surface area contributed by atoms with E-state index in [1.165, 1.54) is 40.7 Å². The summed E-state index contributed by atoms with van der Waals surface area (Å²) in [4.78, 5) is 24.7. The fourth-order valence-corrected chi connectivity index (χ4v) is 5.15. The van der Waals surface area contributed by atoms with Crippen molar-refractivity contribution in [2.45, 2.75) is 38.5 Å². The summed E-state index contributed by atoms with van der Waals surface area (Å²) >= 11 is 1.39. The molecule has 0 saturated carbocycles. The van der Waals surface area contributed by atoms with Crippen LogP contribution < -0.4 is 10.6 Å². The van der Waals surface area contributed by atoms with Gasteiger partial charge in [-0.3, -0.25) is 15.1 Å². The van der Waals surface area contributed by atoms with E-state index in [1.807, 2.05) is 17.5 Å². The fourth-order valence-electron chi connectivity index (χ4n) is 4.62. The van der Waals surface area contributed by atoms with Crippen LogP contribution in [-0.2, 0) is 0 Å². The maximum absolute atomic E-state index is 12.7. The molecule has 1 aromatic carbocycles. The Morgan fingerprint density at radius 2 is 1.97 bits per heavy atom. The molecule has 1 aliphatic rings. The van der Waals surface area contributed by atoms with Crippen molar-refractivity contribution in [3.05, 3.63) is 64.9 Å². The third kappa shape index (κ3) is 4.06. The average Bonchev–Trinajstić information content (AvgIpc) is 3.47. The van der Waals surface area contributed by atoms with E-state index in [0.29, 0.717) is 22.7 Å². The van der Waals surface area contributed by atoms with Gasteiger partial charge in [0.25, 0.3) is 5.91 Å². The molecule has 0 unspecified atom stereocenters. The summed E-state index contributed by atoms with van der Waals surface area (Å²) in [5.74, 6) is 0.695. The van der Waals surface area contributed by atoms with Gasteiger partial charge in [-0.2, -0.15) is 0 Å². The van der Waals surface area contributed by atoms with Gasteiger partial charge in [-0.15, -0.1) is 11.3 Å². The second-order valence-electron chi connectivity index (χ2n) is 8.62. The number of aromatic amines is 1. The second-order valence-corrected chi connectivity index (χ2v) is 9.51. The molecule has 3 aromatic heterocycles. The molecule has 1 amide bonds. The zero-order chi connectivity index (χ0) is 22.1. The number of aromatic nitrogens is 3. The maximum Gasteiger partial charge on any atom is 0.276 e. The summed E-state index contributed by atoms with van der Waals surface area (Å²) in [6.45, 7) is 6.61. The van der Waals surface area contributed by atoms with E-state index >= 15 is 0 Å². The Kier molecular flexibility index (Phi) is 5.76. The van der Waals surface area contributed by atoms with Crippen molar-refractivity contribution in [2.24, 2.45) is 0 Å². The third-order valence-corrected chi connectivity index (χ3v) is 6.87. The number of nitrogens with one attached hydrogen (secondary N) is 3. The Bertz CT molecular complexity index is 1240. The minimum atomic E-state index is -0.253. The van der Waals surface area contributed by atoms with Crippen LogP contribution in [0.2, 0.25) is 0 Å². The van der Waals surface area contributed by atoms with Gasteiger partial charge in [0.2, 0.25) is 0 Å². The number of thiazole rings is 1. The summed E-state index contributed by atoms with van der Waals surface area (Å²) in [6.07, 6.45) is 5.73. The lowest BCUT2D eigenvalue weighted by Crippen LogP contribution is -2.26. The van der Waals surface area contributed by atoms with Crippen LogP contribution in [0.1, 0.15) is 60.1 Å². The number of nitrogens with zero attached hydrogens (tertiary/aromatic N) is 2. The minimum absolute atomic E-state index is 0.253. The monoisotopic (exact) mass is 445 g/mol. The number of amides is 1. The molecule has 164 valence electrons. The number of anilines is 1. The van der Waals surface area contributed by atoms with E-state index < -0.39 is 0 Å². The molecular formula is C25H27N5OS. The van der Waals surface area contributed by atoms with Gasteiger partial charge >= 0.3 is 0 Å². The Morgan fingerprint density at radius 1 is 1.12 bits per heavy atom. The van der Waals surface area contributed by atoms with Crippen molar-refractivity contribution in [2.75, 3.05) is 18.4 Å². The van der Waals surface area contributed by atoms with Gasteiger partial charge in [-0.1, -0.05) is 19.9 Å². The number of hydrogen-bond acceptors (Lipinski definition) is 5. The third-order valence-electron chi connectivity index (χ3n) is 6.18. The maximum atomic E-state index is 12.7. The summed E-state index contributed by atoms with van der Waals surface area (Å²) in [5.41, 5.74) is 6.24. The molecular weight excluding hydrogens is 418 g/mol. The van der Waals surface area contributed by atoms with Crippen LogP contribution in [-0.4, -0.2) is 33.9 Å². The van der Waals surface area contributed by atoms with E-state index in [2.05, 4.69) is 57.6 Å². The highest BCUT2D eigenvalue weighted by atomic mass is 32.1. The standard InChI is InChI=1S/C25H27N5OS/c1-15(2)22-19-13-17(16-5-8-26-9-6-16)3-4-20(19)29-23(22)18-7-10-27-21(14-18)24(31)30-25-28-11-12-32-25/h3-4,7,10-16,26,29H,5-6,8-9H2,1-2H3,(H,28,30,31). The van der Waals surface area contributed by atoms with Crippen molar-refractivity contribution < 1.29 is 4.79 Å². The average molecular weight is 446 g/mol. The largest absolute Gasteiger partial charge is 0.354 e. The molecule has 4 aromatic rings. The number of H-pyrrole nitrogens is 1. The van der Waals surface area contributed by atoms with Crippen LogP contribution >= 0.6 is 11.3 Å². The first-order valence-corrected chi connectivity index (χ1v) is 12.0. The lowest BCUT2D eigenvalue weighted by atomic mass is 9.88. The normalized spacial score (nSPS) is 14.8. The summed E-state index contributed by atoms with van der Waals surface area (Å²) in [6, 6.07) is 10.7. The number of piperidine rings is 1. The molecule has 5 rings (SSSR count). The minimum Gasteiger partial charge on any atom is -0.354 e. The molecule has 3 N–H and O–H groups in total. The van der Waals surface area contributed by atoms with Crippen LogP contribution in [0.25, 0.3) is 22.2 Å². The predicted molar refractivity (Wildman–Crippen MR) is 131 cm³/mol. The number of fused-ring (bicyclic) bond motifs is 1. The predicted octanol–water partition coefficient (Wildman–Crippen LogP) is 5.53. The van der Waals surface area contributed by atoms with E-state index in [-0.39, 0.29) is 5.91 Å². The first-order valence-electron chi connectivity index (χ1n) is 11.1. The van der Waals surface area contributed by atoms with E-state index in [0.717, 1.165) is 29.9 Å². The summed E-state index contributed by atoms with van der Waals surface area (Å²) in [5, 5.41) is 9.95. The topological polar surface area (TPSA) is 82.7 Å². The summed E-state index contributed by atoms with van der Waals surface area (Å²) < 4.78 is 0. The number of benzene rings is 1. The molecule has 0 radical (unpaired) electrons. The molecule has 32 heavy (non-hydrogen) atoms. The Hall–Kier alpha value is -3.03. The van der Waals surface area contributed by atoms with Crippen molar-refractivity contribution in [3.63, 3.8) is 0 Å². The van der Waals surface area contributed by atoms with Crippen molar-refractivity contribution in [1.29, 1.82) is 0 Å². The highest BCUT2D eigenvalue weighted by Crippen LogP contribution is 2.38. The fraction of sp³-hybridized carbons (Fsp3) is 0.320. The highest BCUT2D eigenvalue weighted by Gasteiger charge is 2.21. The van der Waals surface area contributed by atoms with Gasteiger partial charge in [-0.05, 0) is 73.2 Å². The Balaban J connectivity index is 1.53. The van der Waals surface area contributed by atoms with E-state index in [4.69, 9.17) is 0 Å². The highest BCUT2D eigenvalue weighted by molar-refractivity contribution is 7.13. The smallest absolute Gasteiger partial charge is 0.276 e. The van der Waals surface area contributed by atoms with Crippen molar-refractivity contribution in [3.8, 4) is 11.3 Å². The van der Waals surface area contributed by atoms with Gasteiger partial charge in [0.1, 0.15) is 5.69 Å². The number of pyridine rings is 1. The molecule has 6 nitrogen and oxygen atoms in total. The van der Waals surface area contributed by atoms with Crippen LogP contribution in [0.3, 0.4) is 0 Å². The number of carbonyl (C=O) groups excluding carboxylic acids is 1. The second kappa shape index (κ2) is 8.84. The molecule has 0 spiro atoms. The molecule has 4 heterocycles. The Labute approximate surface area is 191 Å². The lowest BCUT2D eigenvalue weighted by molar-refractivity contribution is 0.102. The van der Waals surface area contributed by atoms with Gasteiger partial charge in [0.15, 0.2) is 5.13 Å². The molecule has 1 aliphatic heterocycles. The first kappa shape index (κ1) is 20.8. The molecule has 1 fully saturated rings. The molecule has 7 heteroatoms. The zero-order valence-electron chi connectivity index (χ0n) is 18.3. The SMILES string of the molecule is CC(C)c1c(-c2ccnc(C(=O)Nc3nccs3)c2)[nH]c2ccc(C3CCNCC3)cc12. The van der Waals surface area contributed by atoms with E-state index in [1.54, 1.807) is 12.4 Å². The van der Waals surface area contributed by atoms with Gasteiger partial charge < -0.3 is 10.3 Å². The number of rotatable bonds is 5. The van der Waals surface area contributed by atoms with Crippen LogP contribution in [0, 0.1) is 0 Å². The van der Waals surface area contributed by atoms with Gasteiger partial charge in [0.05, 0.1) is 5.69 Å². The number of carbonyl (C=O) groups is 1. The Morgan fingerprint density at radius 3 is 2.72 bits per heavy atom. The van der Waals surface area contributed by atoms with Gasteiger partial charge in [0, 0.05) is 34.2 Å². The zero-order valence-corrected chi connectivity index (χ0v) is 19.1. The van der Waals surface area contributed by atoms with Gasteiger partial charge in [-0.25, -0.2) is 4.98 Å². The summed E-state index contributed by atoms with van der Waals surface area (Å²) in [7, 11) is 0.